The number of hydrogen-bond donors (Lipinski definition) is 2. The maximum absolute atomic E-state index is 17.1. The molecule has 5 saturated heterocycles. The van der Waals surface area contributed by atoms with Gasteiger partial charge in [0.15, 0.2) is 5.82 Å². The van der Waals surface area contributed by atoms with E-state index in [-0.39, 0.29) is 96.3 Å². The van der Waals surface area contributed by atoms with E-state index < -0.39 is 23.3 Å². The van der Waals surface area contributed by atoms with Gasteiger partial charge in [-0.2, -0.15) is 15.2 Å². The normalized spacial score (nSPS) is 30.6. The van der Waals surface area contributed by atoms with Gasteiger partial charge < -0.3 is 20.1 Å². The predicted octanol–water partition coefficient (Wildman–Crippen LogP) is 6.50. The number of halogens is 4. The molecule has 53 heavy (non-hydrogen) atoms. The molecular formula is C38H37ClF3N7O3S. The van der Waals surface area contributed by atoms with Gasteiger partial charge in [-0.1, -0.05) is 17.7 Å². The Morgan fingerprint density at radius 2 is 1.98 bits per heavy atom. The number of aromatic nitrogens is 2. The van der Waals surface area contributed by atoms with Crippen molar-refractivity contribution in [2.24, 2.45) is 5.92 Å². The molecule has 2 aromatic heterocycles. The minimum absolute atomic E-state index is 0.0123. The van der Waals surface area contributed by atoms with Crippen LogP contribution in [0.2, 0.25) is 5.02 Å². The highest BCUT2D eigenvalue weighted by Gasteiger charge is 2.55. The average molecular weight is 764 g/mol. The number of ether oxygens (including phenoxy) is 2. The number of nitrogens with two attached hydrogens (primary N) is 1. The lowest BCUT2D eigenvalue weighted by atomic mass is 9.95. The lowest BCUT2D eigenvalue weighted by molar-refractivity contribution is -0.136. The first-order valence-corrected chi connectivity index (χ1v) is 19.7. The Morgan fingerprint density at radius 3 is 2.74 bits per heavy atom. The van der Waals surface area contributed by atoms with Gasteiger partial charge >= 0.3 is 6.01 Å². The second kappa shape index (κ2) is 12.3. The summed E-state index contributed by atoms with van der Waals surface area (Å²) in [6, 6.07) is 6.28. The van der Waals surface area contributed by atoms with Crippen molar-refractivity contribution in [3.05, 3.63) is 40.4 Å². The van der Waals surface area contributed by atoms with Gasteiger partial charge in [0.1, 0.15) is 47.3 Å². The van der Waals surface area contributed by atoms with Crippen molar-refractivity contribution < 1.29 is 27.4 Å². The molecule has 0 spiro atoms. The van der Waals surface area contributed by atoms with E-state index in [4.69, 9.17) is 26.8 Å². The highest BCUT2D eigenvalue weighted by molar-refractivity contribution is 7.23. The molecule has 15 heteroatoms. The Bertz CT molecular complexity index is 2230. The van der Waals surface area contributed by atoms with E-state index in [0.717, 1.165) is 43.6 Å². The second-order valence-corrected chi connectivity index (χ2v) is 17.2. The van der Waals surface area contributed by atoms with Crippen LogP contribution in [-0.4, -0.2) is 87.4 Å². The number of carbonyl (C=O) groups is 1. The minimum atomic E-state index is -0.960. The third-order valence-corrected chi connectivity index (χ3v) is 13.8. The summed E-state index contributed by atoms with van der Waals surface area (Å²) in [6.07, 6.45) is 6.08. The predicted molar refractivity (Wildman–Crippen MR) is 194 cm³/mol. The quantitative estimate of drug-likeness (QED) is 0.193. The number of anilines is 1. The van der Waals surface area contributed by atoms with Gasteiger partial charge in [-0.3, -0.25) is 15.0 Å². The molecule has 6 aliphatic rings. The third-order valence-electron chi connectivity index (χ3n) is 12.5. The number of fused-ring (bicyclic) bond motifs is 5. The van der Waals surface area contributed by atoms with Crippen molar-refractivity contribution in [2.45, 2.75) is 99.8 Å². The maximum atomic E-state index is 17.1. The SMILES string of the molecule is N#Cc1c(N)sc2c(F)ccc(-c3c(Cl)cc4c(OC5C[C@H]6CC[C@@H](C5)N6C(=O)[C@@H]5N[C@H]5C5CC5)nc(OC[C@@]56CCCN5C[C@H](F)C6)nc4c3F)c12. The number of nitriles is 1. The maximum Gasteiger partial charge on any atom is 0.320 e. The van der Waals surface area contributed by atoms with Crippen LogP contribution in [-0.2, 0) is 4.79 Å². The van der Waals surface area contributed by atoms with E-state index >= 15 is 4.39 Å². The molecule has 1 saturated carbocycles. The Hall–Kier alpha value is -3.90. The monoisotopic (exact) mass is 763 g/mol. The van der Waals surface area contributed by atoms with Gasteiger partial charge in [0, 0.05) is 54.9 Å². The van der Waals surface area contributed by atoms with E-state index in [9.17, 15) is 18.8 Å². The van der Waals surface area contributed by atoms with E-state index in [1.54, 1.807) is 0 Å². The molecule has 2 bridgehead atoms. The zero-order chi connectivity index (χ0) is 36.3. The van der Waals surface area contributed by atoms with Crippen LogP contribution >= 0.6 is 22.9 Å². The Labute approximate surface area is 312 Å². The molecule has 7 heterocycles. The molecule has 7 atom stereocenters. The van der Waals surface area contributed by atoms with E-state index in [1.807, 2.05) is 6.07 Å². The molecule has 10 rings (SSSR count). The Balaban J connectivity index is 1.02. The van der Waals surface area contributed by atoms with Crippen LogP contribution in [0.1, 0.15) is 63.4 Å². The van der Waals surface area contributed by atoms with E-state index in [1.165, 1.54) is 31.0 Å². The molecule has 4 aromatic rings. The van der Waals surface area contributed by atoms with Gasteiger partial charge in [-0.15, -0.1) is 11.3 Å². The number of nitrogens with one attached hydrogen (secondary N) is 1. The fourth-order valence-corrected chi connectivity index (χ4v) is 11.1. The molecule has 1 amide bonds. The zero-order valence-corrected chi connectivity index (χ0v) is 30.3. The fourth-order valence-electron chi connectivity index (χ4n) is 9.85. The molecule has 2 aromatic carbocycles. The van der Waals surface area contributed by atoms with E-state index in [0.29, 0.717) is 37.8 Å². The summed E-state index contributed by atoms with van der Waals surface area (Å²) in [7, 11) is 0. The summed E-state index contributed by atoms with van der Waals surface area (Å²) < 4.78 is 59.6. The van der Waals surface area contributed by atoms with Crippen LogP contribution in [0, 0.1) is 28.9 Å². The number of nitrogens with zero attached hydrogens (tertiary/aromatic N) is 5. The number of carbonyl (C=O) groups excluding carboxylic acids is 1. The Kier molecular flexibility index (Phi) is 7.82. The van der Waals surface area contributed by atoms with Crippen LogP contribution in [0.15, 0.2) is 18.2 Å². The molecule has 10 nitrogen and oxygen atoms in total. The van der Waals surface area contributed by atoms with Gasteiger partial charge in [0.05, 0.1) is 26.2 Å². The summed E-state index contributed by atoms with van der Waals surface area (Å²) in [4.78, 5) is 26.9. The molecule has 3 N–H and O–H groups in total. The lowest BCUT2D eigenvalue weighted by Gasteiger charge is -2.39. The van der Waals surface area contributed by atoms with Gasteiger partial charge in [-0.05, 0) is 68.7 Å². The highest BCUT2D eigenvalue weighted by Crippen LogP contribution is 2.48. The molecular weight excluding hydrogens is 727 g/mol. The molecule has 5 aliphatic heterocycles. The first kappa shape index (κ1) is 33.7. The van der Waals surface area contributed by atoms with Crippen LogP contribution in [0.25, 0.3) is 32.1 Å². The van der Waals surface area contributed by atoms with Crippen molar-refractivity contribution in [2.75, 3.05) is 25.4 Å². The first-order chi connectivity index (χ1) is 25.6. The first-order valence-electron chi connectivity index (χ1n) is 18.5. The van der Waals surface area contributed by atoms with Gasteiger partial charge in [-0.25, -0.2) is 13.2 Å². The van der Waals surface area contributed by atoms with Crippen LogP contribution in [0.3, 0.4) is 0 Å². The number of thiophene rings is 1. The van der Waals surface area contributed by atoms with Crippen LogP contribution in [0.5, 0.6) is 11.9 Å². The summed E-state index contributed by atoms with van der Waals surface area (Å²) >= 11 is 7.78. The van der Waals surface area contributed by atoms with Crippen molar-refractivity contribution in [3.8, 4) is 29.1 Å². The molecule has 1 aliphatic carbocycles. The van der Waals surface area contributed by atoms with Crippen molar-refractivity contribution >= 4 is 54.8 Å². The van der Waals surface area contributed by atoms with Crippen molar-refractivity contribution in [1.82, 2.24) is 25.1 Å². The van der Waals surface area contributed by atoms with Crippen LogP contribution < -0.4 is 20.5 Å². The molecule has 1 unspecified atom stereocenters. The standard InChI is InChI=1S/C38H37ClF3N7O3S/c39-25-12-23-31(29(42)28(25)22-6-7-26(41)33-27(22)24(14-43)34(44)53-33)46-37(51-16-38-8-1-9-48(38)15-18(40)13-38)47-35(23)52-21-10-19-4-5-20(11-21)49(19)36(50)32-30(45-32)17-2-3-17/h6-7,12,17-21,30,32,45H,1-5,8-11,13,15-16,44H2/t18-,19-,20+,21?,30+,32-,38+/m1/s1. The van der Waals surface area contributed by atoms with Gasteiger partial charge in [0.25, 0.3) is 0 Å². The largest absolute Gasteiger partial charge is 0.474 e. The average Bonchev–Trinajstić information content (AvgIpc) is 4.01. The number of alkyl halides is 1. The summed E-state index contributed by atoms with van der Waals surface area (Å²) in [5.41, 5.74) is 5.62. The number of rotatable bonds is 8. The molecule has 276 valence electrons. The second-order valence-electron chi connectivity index (χ2n) is 15.7. The fraction of sp³-hybridized carbons (Fsp3) is 0.526. The van der Waals surface area contributed by atoms with E-state index in [2.05, 4.69) is 25.1 Å². The molecule has 6 fully saturated rings. The molecule has 0 radical (unpaired) electrons. The number of benzene rings is 2. The number of nitrogen functional groups attached to an aromatic ring is 1. The van der Waals surface area contributed by atoms with Gasteiger partial charge in [0.2, 0.25) is 11.8 Å². The zero-order valence-electron chi connectivity index (χ0n) is 28.7. The number of piperidine rings is 1. The lowest BCUT2D eigenvalue weighted by Crippen LogP contribution is -2.51. The number of amides is 1. The topological polar surface area (TPSA) is 140 Å². The number of hydrogen-bond acceptors (Lipinski definition) is 10. The van der Waals surface area contributed by atoms with Crippen LogP contribution in [0.4, 0.5) is 18.2 Å². The Morgan fingerprint density at radius 1 is 1.19 bits per heavy atom. The van der Waals surface area contributed by atoms with Crippen molar-refractivity contribution in [3.63, 3.8) is 0 Å². The summed E-state index contributed by atoms with van der Waals surface area (Å²) in [5.74, 6) is -0.516. The summed E-state index contributed by atoms with van der Waals surface area (Å²) in [6.45, 7) is 1.25. The minimum Gasteiger partial charge on any atom is -0.474 e. The smallest absolute Gasteiger partial charge is 0.320 e. The highest BCUT2D eigenvalue weighted by atomic mass is 35.5. The van der Waals surface area contributed by atoms with Crippen molar-refractivity contribution in [1.29, 1.82) is 5.26 Å². The summed E-state index contributed by atoms with van der Waals surface area (Å²) in [5, 5.41) is 13.8. The third kappa shape index (κ3) is 5.44.